The molecule has 3 rings (SSSR count). The van der Waals surface area contributed by atoms with Gasteiger partial charge in [0.1, 0.15) is 0 Å². The van der Waals surface area contributed by atoms with E-state index in [-0.39, 0.29) is 11.7 Å². The SMILES string of the molecule is COc1cccc(C(c2ccc(N)cc2)c2ccc(N)cc2)c1O. The molecule has 3 aromatic carbocycles. The molecule has 0 saturated carbocycles. The number of phenolic OH excluding ortho intramolecular Hbond substituents is 1. The summed E-state index contributed by atoms with van der Waals surface area (Å²) in [6, 6.07) is 20.8. The van der Waals surface area contributed by atoms with E-state index >= 15 is 0 Å². The normalized spacial score (nSPS) is 10.8. The number of phenols is 1. The van der Waals surface area contributed by atoms with Crippen molar-refractivity contribution in [3.05, 3.63) is 83.4 Å². The van der Waals surface area contributed by atoms with Crippen molar-refractivity contribution in [1.29, 1.82) is 0 Å². The fourth-order valence-corrected chi connectivity index (χ4v) is 2.87. The van der Waals surface area contributed by atoms with Gasteiger partial charge in [0.15, 0.2) is 11.5 Å². The van der Waals surface area contributed by atoms with E-state index < -0.39 is 0 Å². The molecule has 0 atom stereocenters. The Hall–Kier alpha value is -3.14. The van der Waals surface area contributed by atoms with Gasteiger partial charge in [-0.1, -0.05) is 36.4 Å². The van der Waals surface area contributed by atoms with Crippen LogP contribution in [0.3, 0.4) is 0 Å². The van der Waals surface area contributed by atoms with E-state index in [1.54, 1.807) is 13.2 Å². The van der Waals surface area contributed by atoms with E-state index in [0.717, 1.165) is 16.7 Å². The lowest BCUT2D eigenvalue weighted by atomic mass is 9.84. The van der Waals surface area contributed by atoms with E-state index in [9.17, 15) is 5.11 Å². The van der Waals surface area contributed by atoms with Gasteiger partial charge in [-0.2, -0.15) is 0 Å². The number of benzene rings is 3. The Balaban J connectivity index is 2.18. The molecule has 4 nitrogen and oxygen atoms in total. The topological polar surface area (TPSA) is 81.5 Å². The first-order chi connectivity index (χ1) is 11.6. The van der Waals surface area contributed by atoms with E-state index in [1.807, 2.05) is 60.7 Å². The molecule has 0 aromatic heterocycles. The molecule has 0 unspecified atom stereocenters. The van der Waals surface area contributed by atoms with Gasteiger partial charge in [-0.3, -0.25) is 0 Å². The van der Waals surface area contributed by atoms with E-state index in [2.05, 4.69) is 0 Å². The Morgan fingerprint density at radius 2 is 1.29 bits per heavy atom. The molecule has 122 valence electrons. The van der Waals surface area contributed by atoms with E-state index in [0.29, 0.717) is 17.1 Å². The van der Waals surface area contributed by atoms with E-state index in [4.69, 9.17) is 16.2 Å². The summed E-state index contributed by atoms with van der Waals surface area (Å²) in [4.78, 5) is 0. The van der Waals surface area contributed by atoms with Crippen molar-refractivity contribution in [3.8, 4) is 11.5 Å². The lowest BCUT2D eigenvalue weighted by molar-refractivity contribution is 0.370. The smallest absolute Gasteiger partial charge is 0.161 e. The maximum absolute atomic E-state index is 10.6. The summed E-state index contributed by atoms with van der Waals surface area (Å²) < 4.78 is 5.26. The van der Waals surface area contributed by atoms with Gasteiger partial charge in [0.25, 0.3) is 0 Å². The molecule has 0 aliphatic heterocycles. The van der Waals surface area contributed by atoms with Gasteiger partial charge in [-0.05, 0) is 41.5 Å². The lowest BCUT2D eigenvalue weighted by Crippen LogP contribution is -2.05. The first kappa shape index (κ1) is 15.7. The van der Waals surface area contributed by atoms with Crippen LogP contribution in [0.25, 0.3) is 0 Å². The van der Waals surface area contributed by atoms with Crippen LogP contribution in [-0.2, 0) is 0 Å². The minimum atomic E-state index is -0.152. The van der Waals surface area contributed by atoms with Crippen molar-refractivity contribution in [2.24, 2.45) is 0 Å². The van der Waals surface area contributed by atoms with Gasteiger partial charge < -0.3 is 21.3 Å². The molecule has 0 amide bonds. The molecule has 0 heterocycles. The third-order valence-electron chi connectivity index (χ3n) is 4.10. The molecule has 0 aliphatic rings. The van der Waals surface area contributed by atoms with Gasteiger partial charge in [-0.15, -0.1) is 0 Å². The molecule has 24 heavy (non-hydrogen) atoms. The first-order valence-electron chi connectivity index (χ1n) is 7.67. The Labute approximate surface area is 141 Å². The summed E-state index contributed by atoms with van der Waals surface area (Å²) in [5.41, 5.74) is 15.8. The van der Waals surface area contributed by atoms with Crippen molar-refractivity contribution >= 4 is 11.4 Å². The van der Waals surface area contributed by atoms with Crippen LogP contribution in [0, 0.1) is 0 Å². The van der Waals surface area contributed by atoms with Gasteiger partial charge in [-0.25, -0.2) is 0 Å². The van der Waals surface area contributed by atoms with Gasteiger partial charge in [0, 0.05) is 22.9 Å². The second-order valence-corrected chi connectivity index (χ2v) is 5.66. The standard InChI is InChI=1S/C20H20N2O2/c1-24-18-4-2-3-17(20(18)23)19(13-5-9-15(21)10-6-13)14-7-11-16(22)12-8-14/h2-12,19,23H,21-22H2,1H3. The fraction of sp³-hybridized carbons (Fsp3) is 0.100. The Kier molecular flexibility index (Phi) is 4.29. The molecule has 4 heteroatoms. The van der Waals surface area contributed by atoms with Crippen molar-refractivity contribution in [2.45, 2.75) is 5.92 Å². The number of ether oxygens (including phenoxy) is 1. The summed E-state index contributed by atoms with van der Waals surface area (Å²) in [6.45, 7) is 0. The highest BCUT2D eigenvalue weighted by molar-refractivity contribution is 5.56. The predicted octanol–water partition coefficient (Wildman–Crippen LogP) is 3.75. The average Bonchev–Trinajstić information content (AvgIpc) is 2.60. The third kappa shape index (κ3) is 2.99. The number of para-hydroxylation sites is 1. The Morgan fingerprint density at radius 1 is 0.792 bits per heavy atom. The van der Waals surface area contributed by atoms with Gasteiger partial charge >= 0.3 is 0 Å². The van der Waals surface area contributed by atoms with Crippen molar-refractivity contribution in [1.82, 2.24) is 0 Å². The maximum atomic E-state index is 10.6. The molecule has 0 fully saturated rings. The van der Waals surface area contributed by atoms with Crippen LogP contribution >= 0.6 is 0 Å². The van der Waals surface area contributed by atoms with Crippen LogP contribution in [0.5, 0.6) is 11.5 Å². The molecule has 3 aromatic rings. The quantitative estimate of drug-likeness (QED) is 0.505. The zero-order valence-corrected chi connectivity index (χ0v) is 13.4. The van der Waals surface area contributed by atoms with Crippen LogP contribution < -0.4 is 16.2 Å². The monoisotopic (exact) mass is 320 g/mol. The Bertz CT molecular complexity index is 782. The molecular weight excluding hydrogens is 300 g/mol. The van der Waals surface area contributed by atoms with Crippen LogP contribution in [0.15, 0.2) is 66.7 Å². The molecule has 0 radical (unpaired) electrons. The predicted molar refractivity (Wildman–Crippen MR) is 97.3 cm³/mol. The van der Waals surface area contributed by atoms with Crippen LogP contribution in [0.2, 0.25) is 0 Å². The second kappa shape index (κ2) is 6.54. The zero-order chi connectivity index (χ0) is 17.1. The van der Waals surface area contributed by atoms with Gasteiger partial charge in [0.05, 0.1) is 7.11 Å². The number of nitrogens with two attached hydrogens (primary N) is 2. The summed E-state index contributed by atoms with van der Waals surface area (Å²) in [7, 11) is 1.54. The highest BCUT2D eigenvalue weighted by Gasteiger charge is 2.21. The molecule has 0 saturated heterocycles. The summed E-state index contributed by atoms with van der Waals surface area (Å²) in [5.74, 6) is 0.434. The summed E-state index contributed by atoms with van der Waals surface area (Å²) in [6.07, 6.45) is 0. The average molecular weight is 320 g/mol. The molecule has 0 aliphatic carbocycles. The molecule has 0 spiro atoms. The lowest BCUT2D eigenvalue weighted by Gasteiger charge is -2.21. The number of hydrogen-bond acceptors (Lipinski definition) is 4. The molecular formula is C20H20N2O2. The maximum Gasteiger partial charge on any atom is 0.161 e. The highest BCUT2D eigenvalue weighted by Crippen LogP contribution is 2.41. The number of anilines is 2. The molecule has 5 N–H and O–H groups in total. The number of nitrogen functional groups attached to an aromatic ring is 2. The largest absolute Gasteiger partial charge is 0.504 e. The third-order valence-corrected chi connectivity index (χ3v) is 4.10. The highest BCUT2D eigenvalue weighted by atomic mass is 16.5. The second-order valence-electron chi connectivity index (χ2n) is 5.66. The summed E-state index contributed by atoms with van der Waals surface area (Å²) >= 11 is 0. The molecule has 0 bridgehead atoms. The minimum Gasteiger partial charge on any atom is -0.504 e. The van der Waals surface area contributed by atoms with Crippen molar-refractivity contribution in [2.75, 3.05) is 18.6 Å². The minimum absolute atomic E-state index is 0.138. The first-order valence-corrected chi connectivity index (χ1v) is 7.67. The van der Waals surface area contributed by atoms with Crippen LogP contribution in [0.1, 0.15) is 22.6 Å². The van der Waals surface area contributed by atoms with Crippen molar-refractivity contribution in [3.63, 3.8) is 0 Å². The number of hydrogen-bond donors (Lipinski definition) is 3. The number of methoxy groups -OCH3 is 1. The number of rotatable bonds is 4. The van der Waals surface area contributed by atoms with Crippen LogP contribution in [-0.4, -0.2) is 12.2 Å². The Morgan fingerprint density at radius 3 is 1.75 bits per heavy atom. The van der Waals surface area contributed by atoms with Crippen molar-refractivity contribution < 1.29 is 9.84 Å². The summed E-state index contributed by atoms with van der Waals surface area (Å²) in [5, 5.41) is 10.6. The van der Waals surface area contributed by atoms with E-state index in [1.165, 1.54) is 0 Å². The fourth-order valence-electron chi connectivity index (χ4n) is 2.87. The number of aromatic hydroxyl groups is 1. The zero-order valence-electron chi connectivity index (χ0n) is 13.4. The van der Waals surface area contributed by atoms with Crippen LogP contribution in [0.4, 0.5) is 11.4 Å². The van der Waals surface area contributed by atoms with Gasteiger partial charge in [0.2, 0.25) is 0 Å².